The van der Waals surface area contributed by atoms with Crippen molar-refractivity contribution in [2.24, 2.45) is 16.7 Å². The molecule has 2 aliphatic heterocycles. The molecule has 3 amide bonds. The Balaban J connectivity index is 0.877. The number of carbonyl (C=O) groups excluding carboxylic acids is 8. The number of benzene rings is 3. The van der Waals surface area contributed by atoms with Crippen LogP contribution in [0.2, 0.25) is 0 Å². The first-order valence-corrected chi connectivity index (χ1v) is 34.5. The number of hydrogen-bond acceptors (Lipinski definition) is 24. The van der Waals surface area contributed by atoms with Crippen LogP contribution in [0.1, 0.15) is 146 Å². The minimum absolute atomic E-state index is 0.0261. The molecule has 4 heterocycles. The van der Waals surface area contributed by atoms with Gasteiger partial charge in [0.15, 0.2) is 17.2 Å². The number of thioether (sulfide) groups is 1. The van der Waals surface area contributed by atoms with E-state index in [1.165, 1.54) is 50.5 Å². The maximum Gasteiger partial charge on any atom is 0.408 e. The monoisotopic (exact) mass is 1400 g/mol. The second-order valence-corrected chi connectivity index (χ2v) is 29.2. The number of fused-ring (bicyclic) bond motifs is 5. The van der Waals surface area contributed by atoms with Crippen molar-refractivity contribution in [1.29, 1.82) is 0 Å². The van der Waals surface area contributed by atoms with Crippen molar-refractivity contribution in [3.8, 4) is 28.6 Å². The van der Waals surface area contributed by atoms with E-state index in [0.29, 0.717) is 49.5 Å². The molecule has 7 N–H and O–H groups in total. The summed E-state index contributed by atoms with van der Waals surface area (Å²) in [7, 11) is 1.88. The van der Waals surface area contributed by atoms with Gasteiger partial charge in [0, 0.05) is 64.0 Å². The molecule has 0 radical (unpaired) electrons. The Bertz CT molecular complexity index is 3970. The van der Waals surface area contributed by atoms with E-state index in [1.54, 1.807) is 106 Å². The molecule has 100 heavy (non-hydrogen) atoms. The number of ether oxygens (including phenoxy) is 6. The smallest absolute Gasteiger partial charge is 0.408 e. The molecular formula is C72H88N8O19S. The maximum atomic E-state index is 15.5. The minimum atomic E-state index is -2.50. The average Bonchev–Trinajstić information content (AvgIpc) is 0.682. The molecule has 536 valence electrons. The van der Waals surface area contributed by atoms with Gasteiger partial charge in [0.1, 0.15) is 59.0 Å². The second-order valence-electron chi connectivity index (χ2n) is 28.3. The van der Waals surface area contributed by atoms with Crippen LogP contribution in [-0.4, -0.2) is 202 Å². The number of pyridine rings is 1. The van der Waals surface area contributed by atoms with Crippen molar-refractivity contribution in [3.63, 3.8) is 0 Å². The third-order valence-corrected chi connectivity index (χ3v) is 21.1. The van der Waals surface area contributed by atoms with Gasteiger partial charge in [0.2, 0.25) is 17.8 Å². The normalized spacial score (nSPS) is 25.5. The van der Waals surface area contributed by atoms with Crippen LogP contribution in [0.25, 0.3) is 17.1 Å². The third-order valence-electron chi connectivity index (χ3n) is 20.2. The fourth-order valence-electron chi connectivity index (χ4n) is 14.9. The van der Waals surface area contributed by atoms with E-state index in [0.717, 1.165) is 18.7 Å². The first-order valence-electron chi connectivity index (χ1n) is 33.4. The molecule has 5 aromatic rings. The summed E-state index contributed by atoms with van der Waals surface area (Å²) in [5.74, 6) is -7.94. The Hall–Kier alpha value is -8.96. The number of phenols is 2. The first kappa shape index (κ1) is 73.7. The SMILES string of the molecule is CCNC(=O)c1nnc(-c2cc(C(C)C)c(O)cc2O)n1-c1ccc(N(C)C2CCN(C(=O)CSCC(=O)O[C@@H](C(=O)O[C@H]3C[C@@]4(O)[C@@H](OC(=O)c5ccccc5)[C@@H]5[C@]6(OC(C)=O)CO[C@@H]6C[C@H](O)[C@@]5(C)C(=O)C(O)C(=C3C)C4(C)C)[C@@H](NC(=O)OC(C)(C)C)c3ccccc3)CC2)nc1. The van der Waals surface area contributed by atoms with Gasteiger partial charge in [-0.25, -0.2) is 19.4 Å². The van der Waals surface area contributed by atoms with Crippen LogP contribution in [0.5, 0.6) is 11.5 Å². The lowest BCUT2D eigenvalue weighted by molar-refractivity contribution is -0.346. The maximum absolute atomic E-state index is 15.5. The molecule has 3 aromatic carbocycles. The molecule has 11 atom stereocenters. The Morgan fingerprint density at radius 1 is 0.890 bits per heavy atom. The van der Waals surface area contributed by atoms with Crippen LogP contribution < -0.4 is 15.5 Å². The highest BCUT2D eigenvalue weighted by molar-refractivity contribution is 8.00. The molecule has 2 saturated heterocycles. The zero-order valence-electron chi connectivity index (χ0n) is 58.0. The van der Waals surface area contributed by atoms with Gasteiger partial charge in [-0.2, -0.15) is 0 Å². The molecule has 27 nitrogen and oxygen atoms in total. The quantitative estimate of drug-likeness (QED) is 0.0245. The Labute approximate surface area is 583 Å². The molecule has 0 spiro atoms. The molecular weight excluding hydrogens is 1310 g/mol. The number of anilines is 1. The van der Waals surface area contributed by atoms with Crippen molar-refractivity contribution in [2.45, 2.75) is 173 Å². The lowest BCUT2D eigenvalue weighted by atomic mass is 9.44. The van der Waals surface area contributed by atoms with E-state index >= 15 is 9.59 Å². The van der Waals surface area contributed by atoms with Crippen molar-refractivity contribution in [1.82, 2.24) is 35.3 Å². The molecule has 5 aliphatic rings. The number of nitrogens with zero attached hydrogens (tertiary/aromatic N) is 6. The summed E-state index contributed by atoms with van der Waals surface area (Å²) in [5, 5.41) is 74.2. The summed E-state index contributed by atoms with van der Waals surface area (Å²) in [5.41, 5.74) is -7.85. The van der Waals surface area contributed by atoms with Gasteiger partial charge in [-0.05, 0) is 113 Å². The van der Waals surface area contributed by atoms with E-state index in [2.05, 4.69) is 20.8 Å². The van der Waals surface area contributed by atoms with Gasteiger partial charge in [-0.1, -0.05) is 76.2 Å². The number of nitrogens with one attached hydrogen (secondary N) is 2. The summed E-state index contributed by atoms with van der Waals surface area (Å²) in [6.45, 7) is 18.1. The van der Waals surface area contributed by atoms with Crippen molar-refractivity contribution < 1.29 is 92.3 Å². The highest BCUT2D eigenvalue weighted by Gasteiger charge is 2.78. The number of piperidine rings is 1. The molecule has 2 bridgehead atoms. The number of aliphatic hydroxyl groups excluding tert-OH is 2. The number of carbonyl (C=O) groups is 8. The second kappa shape index (κ2) is 28.9. The van der Waals surface area contributed by atoms with Crippen LogP contribution in [0.3, 0.4) is 0 Å². The van der Waals surface area contributed by atoms with Crippen molar-refractivity contribution in [2.75, 3.05) is 49.7 Å². The van der Waals surface area contributed by atoms with Gasteiger partial charge in [-0.3, -0.25) is 28.5 Å². The summed E-state index contributed by atoms with van der Waals surface area (Å²) < 4.78 is 38.1. The molecule has 2 saturated carbocycles. The average molecular weight is 1400 g/mol. The fraction of sp³-hybridized carbons (Fsp3) is 0.514. The molecule has 10 rings (SSSR count). The van der Waals surface area contributed by atoms with Gasteiger partial charge in [-0.15, -0.1) is 22.0 Å². The van der Waals surface area contributed by atoms with E-state index in [-0.39, 0.29) is 87.6 Å². The zero-order valence-corrected chi connectivity index (χ0v) is 58.9. The number of aromatic hydroxyl groups is 2. The standard InChI is InChI=1S/C72H88N8O19S/c1-13-73-64(89)63-77-76-62(46-30-45(38(2)3)47(82)31-48(46)83)80(63)44-24-25-52(74-34-44)78(12)43-26-28-79(29-27-43)53(85)35-100-36-54(86)96-58(56(41-20-16-14-17-21-41)75-67(92)99-68(6,7)8)66(91)95-49-33-72(93)61(97-65(90)42-22-18-15-19-23-42)59-70(11,60(88)57(87)55(39(49)4)69(72,9)10)50(84)32-51-71(59,37-94-51)98-40(5)81/h14-25,30-31,34,38,43,49-51,56-59,61,82-84,87,93H,13,26-29,32-33,35-37H2,1-12H3,(H,73,89)(H,75,92)/t49-,50-,51+,56-,57?,58+,59-,61-,70+,71-,72+/m0/s1. The third kappa shape index (κ3) is 14.1. The number of aromatic nitrogens is 4. The number of phenolic OH excluding ortho intramolecular Hbond substituents is 2. The van der Waals surface area contributed by atoms with Gasteiger partial charge < -0.3 is 74.4 Å². The van der Waals surface area contributed by atoms with E-state index in [1.807, 2.05) is 25.8 Å². The van der Waals surface area contributed by atoms with Crippen LogP contribution in [0.4, 0.5) is 10.6 Å². The first-order chi connectivity index (χ1) is 47.2. The number of hydrogen-bond donors (Lipinski definition) is 7. The van der Waals surface area contributed by atoms with Crippen LogP contribution >= 0.6 is 11.8 Å². The fourth-order valence-corrected chi connectivity index (χ4v) is 15.6. The van der Waals surface area contributed by atoms with Crippen molar-refractivity contribution in [3.05, 3.63) is 125 Å². The predicted molar refractivity (Wildman–Crippen MR) is 363 cm³/mol. The van der Waals surface area contributed by atoms with E-state index in [9.17, 15) is 54.3 Å². The van der Waals surface area contributed by atoms with Crippen LogP contribution in [-0.2, 0) is 52.4 Å². The lowest BCUT2D eigenvalue weighted by Gasteiger charge is -2.67. The summed E-state index contributed by atoms with van der Waals surface area (Å²) in [6.07, 6.45) is -9.69. The molecule has 4 fully saturated rings. The van der Waals surface area contributed by atoms with Crippen LogP contribution in [0, 0.1) is 16.7 Å². The minimum Gasteiger partial charge on any atom is -0.508 e. The molecule has 28 heteroatoms. The largest absolute Gasteiger partial charge is 0.508 e. The Morgan fingerprint density at radius 2 is 1.56 bits per heavy atom. The van der Waals surface area contributed by atoms with E-state index in [4.69, 9.17) is 33.4 Å². The predicted octanol–water partition coefficient (Wildman–Crippen LogP) is 6.60. The lowest BCUT2D eigenvalue weighted by Crippen LogP contribution is -2.81. The molecule has 2 aromatic heterocycles. The number of Topliss-reactive ketones (excluding diaryl/α,β-unsaturated/α-hetero) is 1. The molecule has 3 aliphatic carbocycles. The summed E-state index contributed by atoms with van der Waals surface area (Å²) in [6, 6.07) is 20.5. The number of ketones is 1. The number of amides is 3. The van der Waals surface area contributed by atoms with E-state index < -0.39 is 130 Å². The Kier molecular flexibility index (Phi) is 21.3. The topological polar surface area (TPSA) is 367 Å². The number of aliphatic hydroxyl groups is 3. The van der Waals surface area contributed by atoms with Crippen LogP contribution in [0.15, 0.2) is 102 Å². The number of esters is 4. The summed E-state index contributed by atoms with van der Waals surface area (Å²) in [4.78, 5) is 122. The Morgan fingerprint density at radius 3 is 2.16 bits per heavy atom. The summed E-state index contributed by atoms with van der Waals surface area (Å²) >= 11 is 0.919. The van der Waals surface area contributed by atoms with Crippen molar-refractivity contribution >= 4 is 65.1 Å². The van der Waals surface area contributed by atoms with Gasteiger partial charge in [0.25, 0.3) is 5.91 Å². The molecule has 1 unspecified atom stereocenters. The van der Waals surface area contributed by atoms with Gasteiger partial charge >= 0.3 is 30.0 Å². The highest BCUT2D eigenvalue weighted by atomic mass is 32.2. The highest BCUT2D eigenvalue weighted by Crippen LogP contribution is 2.64. The number of rotatable bonds is 20. The number of likely N-dealkylation sites (tertiary alicyclic amines) is 1. The zero-order chi connectivity index (χ0) is 72.7. The number of alkyl carbamates (subject to hydrolysis) is 1. The van der Waals surface area contributed by atoms with Gasteiger partial charge in [0.05, 0.1) is 58.6 Å².